The molecule has 1 atom stereocenters. The molecule has 0 saturated heterocycles. The number of carbonyl (C=O) groups excluding carboxylic acids is 1. The van der Waals surface area contributed by atoms with E-state index in [1.54, 1.807) is 0 Å². The third-order valence-corrected chi connectivity index (χ3v) is 3.53. The van der Waals surface area contributed by atoms with Crippen molar-refractivity contribution in [1.29, 1.82) is 0 Å². The molecule has 0 aromatic heterocycles. The second kappa shape index (κ2) is 7.42. The molecule has 1 rings (SSSR count). The topological polar surface area (TPSA) is 98.3 Å². The van der Waals surface area contributed by atoms with Gasteiger partial charge >= 0.3 is 0 Å². The number of nitrogens with one attached hydrogen (secondary N) is 1. The lowest BCUT2D eigenvalue weighted by Crippen LogP contribution is -2.40. The zero-order valence-corrected chi connectivity index (χ0v) is 12.4. The summed E-state index contributed by atoms with van der Waals surface area (Å²) in [6.45, 7) is 2.24. The van der Waals surface area contributed by atoms with Crippen molar-refractivity contribution in [3.8, 4) is 0 Å². The highest BCUT2D eigenvalue weighted by molar-refractivity contribution is 6.44. The molecule has 0 saturated carbocycles. The van der Waals surface area contributed by atoms with E-state index in [0.29, 0.717) is 6.42 Å². The van der Waals surface area contributed by atoms with Crippen LogP contribution in [0, 0.1) is 10.1 Å². The fourth-order valence-electron chi connectivity index (χ4n) is 1.71. The maximum Gasteiger partial charge on any atom is 0.271 e. The standard InChI is InChI=1S/C12H15Cl2N3O3/c1-2-3-7(6-15)16-12(18)9-4-8(17(19)20)5-10(13)11(9)14/h4-5,7H,2-3,6,15H2,1H3,(H,16,18). The molecule has 0 heterocycles. The van der Waals surface area contributed by atoms with Crippen LogP contribution < -0.4 is 11.1 Å². The number of halogens is 2. The number of nitrogens with two attached hydrogens (primary N) is 1. The fraction of sp³-hybridized carbons (Fsp3) is 0.417. The van der Waals surface area contributed by atoms with E-state index in [2.05, 4.69) is 5.32 Å². The highest BCUT2D eigenvalue weighted by atomic mass is 35.5. The first-order valence-corrected chi connectivity index (χ1v) is 6.80. The number of hydrogen-bond donors (Lipinski definition) is 2. The zero-order chi connectivity index (χ0) is 15.3. The Kier molecular flexibility index (Phi) is 6.19. The van der Waals surface area contributed by atoms with Crippen molar-refractivity contribution in [3.63, 3.8) is 0 Å². The van der Waals surface area contributed by atoms with Crippen molar-refractivity contribution < 1.29 is 9.72 Å². The molecule has 1 amide bonds. The van der Waals surface area contributed by atoms with Crippen LogP contribution in [0.1, 0.15) is 30.1 Å². The second-order valence-corrected chi connectivity index (χ2v) is 5.03. The van der Waals surface area contributed by atoms with Gasteiger partial charge in [-0.15, -0.1) is 0 Å². The second-order valence-electron chi connectivity index (χ2n) is 4.24. The summed E-state index contributed by atoms with van der Waals surface area (Å²) in [7, 11) is 0. The van der Waals surface area contributed by atoms with Gasteiger partial charge in [-0.25, -0.2) is 0 Å². The summed E-state index contributed by atoms with van der Waals surface area (Å²) in [6, 6.07) is 2.00. The molecule has 8 heteroatoms. The lowest BCUT2D eigenvalue weighted by Gasteiger charge is -2.16. The Morgan fingerprint density at radius 2 is 2.15 bits per heavy atom. The van der Waals surface area contributed by atoms with Gasteiger partial charge in [0.15, 0.2) is 0 Å². The molecule has 0 aliphatic carbocycles. The molecule has 0 aliphatic rings. The number of nitro groups is 1. The van der Waals surface area contributed by atoms with Crippen LogP contribution in [-0.4, -0.2) is 23.4 Å². The maximum absolute atomic E-state index is 12.1. The number of amides is 1. The fourth-order valence-corrected chi connectivity index (χ4v) is 2.11. The highest BCUT2D eigenvalue weighted by Crippen LogP contribution is 2.30. The molecule has 0 fully saturated rings. The van der Waals surface area contributed by atoms with Gasteiger partial charge in [0.2, 0.25) is 0 Å². The summed E-state index contributed by atoms with van der Waals surface area (Å²) in [5, 5.41) is 13.4. The van der Waals surface area contributed by atoms with E-state index in [-0.39, 0.29) is 33.9 Å². The number of rotatable bonds is 6. The number of carbonyl (C=O) groups is 1. The van der Waals surface area contributed by atoms with Crippen LogP contribution in [0.2, 0.25) is 10.0 Å². The van der Waals surface area contributed by atoms with E-state index in [1.807, 2.05) is 6.92 Å². The summed E-state index contributed by atoms with van der Waals surface area (Å²) in [4.78, 5) is 22.2. The minimum absolute atomic E-state index is 0.0120. The van der Waals surface area contributed by atoms with Crippen LogP contribution in [0.25, 0.3) is 0 Å². The van der Waals surface area contributed by atoms with Gasteiger partial charge in [-0.05, 0) is 6.42 Å². The van der Waals surface area contributed by atoms with E-state index in [4.69, 9.17) is 28.9 Å². The first-order valence-electron chi connectivity index (χ1n) is 6.05. The number of benzene rings is 1. The van der Waals surface area contributed by atoms with Crippen molar-refractivity contribution in [2.75, 3.05) is 6.54 Å². The summed E-state index contributed by atoms with van der Waals surface area (Å²) in [5.74, 6) is -0.524. The van der Waals surface area contributed by atoms with E-state index < -0.39 is 10.8 Å². The van der Waals surface area contributed by atoms with E-state index in [1.165, 1.54) is 0 Å². The van der Waals surface area contributed by atoms with Gasteiger partial charge in [0.25, 0.3) is 11.6 Å². The summed E-state index contributed by atoms with van der Waals surface area (Å²) in [5.41, 5.74) is 5.23. The molecule has 0 aliphatic heterocycles. The molecule has 1 unspecified atom stereocenters. The average molecular weight is 320 g/mol. The summed E-state index contributed by atoms with van der Waals surface area (Å²) in [6.07, 6.45) is 1.56. The Labute approximate surface area is 126 Å². The lowest BCUT2D eigenvalue weighted by atomic mass is 10.1. The molecule has 1 aromatic carbocycles. The third-order valence-electron chi connectivity index (χ3n) is 2.73. The SMILES string of the molecule is CCCC(CN)NC(=O)c1cc([N+](=O)[O-])cc(Cl)c1Cl. The van der Waals surface area contributed by atoms with Crippen LogP contribution in [0.15, 0.2) is 12.1 Å². The lowest BCUT2D eigenvalue weighted by molar-refractivity contribution is -0.384. The Balaban J connectivity index is 3.05. The maximum atomic E-state index is 12.1. The minimum atomic E-state index is -0.633. The molecule has 3 N–H and O–H groups in total. The molecule has 1 aromatic rings. The van der Waals surface area contributed by atoms with Crippen LogP contribution >= 0.6 is 23.2 Å². The smallest absolute Gasteiger partial charge is 0.271 e. The van der Waals surface area contributed by atoms with Crippen molar-refractivity contribution in [2.45, 2.75) is 25.8 Å². The monoisotopic (exact) mass is 319 g/mol. The molecule has 6 nitrogen and oxygen atoms in total. The quantitative estimate of drug-likeness (QED) is 0.622. The normalized spacial score (nSPS) is 12.0. The first kappa shape index (κ1) is 16.7. The van der Waals surface area contributed by atoms with Gasteiger partial charge < -0.3 is 11.1 Å². The van der Waals surface area contributed by atoms with Crippen molar-refractivity contribution in [3.05, 3.63) is 37.9 Å². The minimum Gasteiger partial charge on any atom is -0.348 e. The van der Waals surface area contributed by atoms with Gasteiger partial charge in [0, 0.05) is 24.7 Å². The molecule has 0 radical (unpaired) electrons. The number of non-ortho nitro benzene ring substituents is 1. The Morgan fingerprint density at radius 3 is 2.65 bits per heavy atom. The zero-order valence-electron chi connectivity index (χ0n) is 10.9. The highest BCUT2D eigenvalue weighted by Gasteiger charge is 2.21. The molecular weight excluding hydrogens is 305 g/mol. The summed E-state index contributed by atoms with van der Waals surface area (Å²) < 4.78 is 0. The van der Waals surface area contributed by atoms with Crippen molar-refractivity contribution >= 4 is 34.8 Å². The van der Waals surface area contributed by atoms with Crippen LogP contribution in [0.4, 0.5) is 5.69 Å². The average Bonchev–Trinajstić information content (AvgIpc) is 2.40. The molecule has 110 valence electrons. The Hall–Kier alpha value is -1.37. The summed E-state index contributed by atoms with van der Waals surface area (Å²) >= 11 is 11.7. The Bertz CT molecular complexity index is 523. The van der Waals surface area contributed by atoms with Gasteiger partial charge in [0.05, 0.1) is 20.5 Å². The van der Waals surface area contributed by atoms with Gasteiger partial charge in [-0.3, -0.25) is 14.9 Å². The molecule has 0 spiro atoms. The first-order chi connectivity index (χ1) is 9.40. The predicted molar refractivity (Wildman–Crippen MR) is 78.3 cm³/mol. The van der Waals surface area contributed by atoms with E-state index in [0.717, 1.165) is 18.6 Å². The van der Waals surface area contributed by atoms with E-state index in [9.17, 15) is 14.9 Å². The van der Waals surface area contributed by atoms with Crippen LogP contribution in [0.3, 0.4) is 0 Å². The predicted octanol–water partition coefficient (Wildman–Crippen LogP) is 2.76. The van der Waals surface area contributed by atoms with Gasteiger partial charge in [-0.2, -0.15) is 0 Å². The number of nitrogens with zero attached hydrogens (tertiary/aromatic N) is 1. The Morgan fingerprint density at radius 1 is 1.50 bits per heavy atom. The van der Waals surface area contributed by atoms with Crippen molar-refractivity contribution in [2.24, 2.45) is 5.73 Å². The van der Waals surface area contributed by atoms with E-state index >= 15 is 0 Å². The third kappa shape index (κ3) is 4.06. The van der Waals surface area contributed by atoms with Gasteiger partial charge in [-0.1, -0.05) is 36.5 Å². The van der Waals surface area contributed by atoms with Crippen molar-refractivity contribution in [1.82, 2.24) is 5.32 Å². The number of hydrogen-bond acceptors (Lipinski definition) is 4. The number of nitro benzene ring substituents is 1. The largest absolute Gasteiger partial charge is 0.348 e. The van der Waals surface area contributed by atoms with Crippen LogP contribution in [0.5, 0.6) is 0 Å². The molecule has 20 heavy (non-hydrogen) atoms. The van der Waals surface area contributed by atoms with Crippen LogP contribution in [-0.2, 0) is 0 Å². The molecular formula is C12H15Cl2N3O3. The van der Waals surface area contributed by atoms with Gasteiger partial charge in [0.1, 0.15) is 0 Å². The molecule has 0 bridgehead atoms.